The fourth-order valence-corrected chi connectivity index (χ4v) is 2.58. The van der Waals surface area contributed by atoms with Gasteiger partial charge in [0.15, 0.2) is 0 Å². The number of sulfonamides is 1. The van der Waals surface area contributed by atoms with Crippen molar-refractivity contribution in [2.24, 2.45) is 11.8 Å². The molecule has 0 aliphatic carbocycles. The molecule has 0 saturated carbocycles. The lowest BCUT2D eigenvalue weighted by atomic mass is 10.2. The average Bonchev–Trinajstić information content (AvgIpc) is 1.98. The van der Waals surface area contributed by atoms with E-state index < -0.39 is 10.0 Å². The highest BCUT2D eigenvalue weighted by Gasteiger charge is 2.13. The fraction of sp³-hybridized carbons (Fsp3) is 1.00. The van der Waals surface area contributed by atoms with E-state index in [1.807, 2.05) is 20.8 Å². The zero-order valence-corrected chi connectivity index (χ0v) is 10.8. The van der Waals surface area contributed by atoms with Crippen LogP contribution in [-0.2, 0) is 10.0 Å². The van der Waals surface area contributed by atoms with Gasteiger partial charge >= 0.3 is 0 Å². The van der Waals surface area contributed by atoms with Gasteiger partial charge in [0.2, 0.25) is 10.0 Å². The van der Waals surface area contributed by atoms with Crippen LogP contribution >= 0.6 is 15.9 Å². The second-order valence-corrected chi connectivity index (χ2v) is 6.28. The summed E-state index contributed by atoms with van der Waals surface area (Å²) in [5.41, 5.74) is 0. The Hall–Kier alpha value is 0.390. The molecule has 13 heavy (non-hydrogen) atoms. The fourth-order valence-electron chi connectivity index (χ4n) is 0.822. The number of rotatable bonds is 6. The van der Waals surface area contributed by atoms with Crippen LogP contribution in [-0.4, -0.2) is 26.0 Å². The molecule has 0 aromatic heterocycles. The third kappa shape index (κ3) is 7.46. The van der Waals surface area contributed by atoms with Gasteiger partial charge in [-0.2, -0.15) is 0 Å². The molecule has 5 heteroatoms. The number of hydrogen-bond acceptors (Lipinski definition) is 2. The van der Waals surface area contributed by atoms with Gasteiger partial charge in [-0.3, -0.25) is 0 Å². The highest BCUT2D eigenvalue weighted by atomic mass is 79.9. The maximum absolute atomic E-state index is 11.3. The average molecular weight is 272 g/mol. The molecule has 0 rings (SSSR count). The van der Waals surface area contributed by atoms with Gasteiger partial charge in [-0.15, -0.1) is 0 Å². The third-order valence-electron chi connectivity index (χ3n) is 1.47. The van der Waals surface area contributed by atoms with Gasteiger partial charge in [0.05, 0.1) is 5.75 Å². The lowest BCUT2D eigenvalue weighted by Crippen LogP contribution is -2.32. The molecule has 1 atom stereocenters. The molecule has 1 unspecified atom stereocenters. The van der Waals surface area contributed by atoms with Crippen LogP contribution < -0.4 is 4.72 Å². The quantitative estimate of drug-likeness (QED) is 0.746. The Morgan fingerprint density at radius 1 is 1.31 bits per heavy atom. The molecule has 0 amide bonds. The van der Waals surface area contributed by atoms with Gasteiger partial charge in [-0.1, -0.05) is 36.7 Å². The molecular formula is C8H18BrNO2S. The van der Waals surface area contributed by atoms with Crippen LogP contribution in [0.5, 0.6) is 0 Å². The zero-order valence-electron chi connectivity index (χ0n) is 8.38. The molecule has 80 valence electrons. The van der Waals surface area contributed by atoms with Gasteiger partial charge in [0.25, 0.3) is 0 Å². The highest BCUT2D eigenvalue weighted by Crippen LogP contribution is 2.01. The maximum Gasteiger partial charge on any atom is 0.211 e. The van der Waals surface area contributed by atoms with E-state index in [0.29, 0.717) is 12.5 Å². The molecule has 0 fully saturated rings. The van der Waals surface area contributed by atoms with E-state index in [-0.39, 0.29) is 11.7 Å². The Balaban J connectivity index is 3.90. The number of halogens is 1. The number of nitrogens with one attached hydrogen (secondary N) is 1. The minimum Gasteiger partial charge on any atom is -0.215 e. The second-order valence-electron chi connectivity index (χ2n) is 3.78. The van der Waals surface area contributed by atoms with Crippen LogP contribution in [0.3, 0.4) is 0 Å². The van der Waals surface area contributed by atoms with E-state index in [4.69, 9.17) is 0 Å². The highest BCUT2D eigenvalue weighted by molar-refractivity contribution is 9.09. The Bertz CT molecular complexity index is 226. The molecule has 0 spiro atoms. The summed E-state index contributed by atoms with van der Waals surface area (Å²) in [6, 6.07) is 0. The van der Waals surface area contributed by atoms with Crippen LogP contribution in [0.25, 0.3) is 0 Å². The van der Waals surface area contributed by atoms with Crippen molar-refractivity contribution >= 4 is 26.0 Å². The molecule has 0 aliphatic heterocycles. The normalized spacial score (nSPS) is 14.8. The van der Waals surface area contributed by atoms with E-state index in [0.717, 1.165) is 5.33 Å². The van der Waals surface area contributed by atoms with Gasteiger partial charge < -0.3 is 0 Å². The molecule has 3 nitrogen and oxygen atoms in total. The molecule has 0 aromatic rings. The van der Waals surface area contributed by atoms with Crippen molar-refractivity contribution < 1.29 is 8.42 Å². The van der Waals surface area contributed by atoms with Crippen molar-refractivity contribution in [1.82, 2.24) is 4.72 Å². The van der Waals surface area contributed by atoms with E-state index >= 15 is 0 Å². The van der Waals surface area contributed by atoms with Crippen molar-refractivity contribution in [1.29, 1.82) is 0 Å². The lowest BCUT2D eigenvalue weighted by molar-refractivity contribution is 0.552. The predicted molar refractivity (Wildman–Crippen MR) is 59.6 cm³/mol. The summed E-state index contributed by atoms with van der Waals surface area (Å²) in [5.74, 6) is 0.723. The van der Waals surface area contributed by atoms with Crippen molar-refractivity contribution in [2.45, 2.75) is 20.8 Å². The summed E-state index contributed by atoms with van der Waals surface area (Å²) in [7, 11) is -3.06. The van der Waals surface area contributed by atoms with Crippen LogP contribution in [0.4, 0.5) is 0 Å². The number of alkyl halides is 1. The molecule has 0 saturated heterocycles. The summed E-state index contributed by atoms with van der Waals surface area (Å²) in [6.45, 7) is 6.30. The Kier molecular flexibility index (Phi) is 6.16. The van der Waals surface area contributed by atoms with Crippen LogP contribution in [0.15, 0.2) is 0 Å². The largest absolute Gasteiger partial charge is 0.215 e. The lowest BCUT2D eigenvalue weighted by Gasteiger charge is -2.11. The Morgan fingerprint density at radius 2 is 1.85 bits per heavy atom. The Labute approximate surface area is 89.5 Å². The minimum absolute atomic E-state index is 0.178. The maximum atomic E-state index is 11.3. The Morgan fingerprint density at radius 3 is 2.23 bits per heavy atom. The molecule has 0 radical (unpaired) electrons. The monoisotopic (exact) mass is 271 g/mol. The first-order valence-corrected chi connectivity index (χ1v) is 7.18. The molecule has 0 aromatic carbocycles. The first kappa shape index (κ1) is 13.4. The molecule has 0 bridgehead atoms. The van der Waals surface area contributed by atoms with Gasteiger partial charge in [-0.05, 0) is 11.8 Å². The van der Waals surface area contributed by atoms with Gasteiger partial charge in [0.1, 0.15) is 0 Å². The molecule has 0 heterocycles. The van der Waals surface area contributed by atoms with E-state index in [1.165, 1.54) is 0 Å². The van der Waals surface area contributed by atoms with Crippen molar-refractivity contribution in [3.8, 4) is 0 Å². The van der Waals surface area contributed by atoms with Crippen LogP contribution in [0.2, 0.25) is 0 Å². The van der Waals surface area contributed by atoms with Crippen LogP contribution in [0.1, 0.15) is 20.8 Å². The van der Waals surface area contributed by atoms with Crippen molar-refractivity contribution in [2.75, 3.05) is 17.6 Å². The topological polar surface area (TPSA) is 46.2 Å². The summed E-state index contributed by atoms with van der Waals surface area (Å²) < 4.78 is 25.3. The molecule has 0 aliphatic rings. The first-order valence-electron chi connectivity index (χ1n) is 4.40. The first-order chi connectivity index (χ1) is 5.87. The molecular weight excluding hydrogens is 254 g/mol. The van der Waals surface area contributed by atoms with E-state index in [1.54, 1.807) is 0 Å². The van der Waals surface area contributed by atoms with Crippen molar-refractivity contribution in [3.05, 3.63) is 0 Å². The van der Waals surface area contributed by atoms with E-state index in [2.05, 4.69) is 20.7 Å². The standard InChI is InChI=1S/C8H18BrNO2S/c1-7(2)6-13(11,12)10-5-8(3)4-9/h7-8,10H,4-6H2,1-3H3. The zero-order chi connectivity index (χ0) is 10.5. The second kappa shape index (κ2) is 5.98. The third-order valence-corrected chi connectivity index (χ3v) is 4.29. The van der Waals surface area contributed by atoms with Crippen molar-refractivity contribution in [3.63, 3.8) is 0 Å². The summed E-state index contributed by atoms with van der Waals surface area (Å²) in [5, 5.41) is 0.817. The van der Waals surface area contributed by atoms with E-state index in [9.17, 15) is 8.42 Å². The summed E-state index contributed by atoms with van der Waals surface area (Å²) in [4.78, 5) is 0. The van der Waals surface area contributed by atoms with Crippen LogP contribution in [0, 0.1) is 11.8 Å². The summed E-state index contributed by atoms with van der Waals surface area (Å²) >= 11 is 3.30. The van der Waals surface area contributed by atoms with Gasteiger partial charge in [0, 0.05) is 11.9 Å². The predicted octanol–water partition coefficient (Wildman–Crippen LogP) is 1.59. The summed E-state index contributed by atoms with van der Waals surface area (Å²) in [6.07, 6.45) is 0. The molecule has 1 N–H and O–H groups in total. The van der Waals surface area contributed by atoms with Gasteiger partial charge in [-0.25, -0.2) is 13.1 Å². The number of hydrogen-bond donors (Lipinski definition) is 1. The minimum atomic E-state index is -3.06. The SMILES string of the molecule is CC(C)CS(=O)(=O)NCC(C)CBr. The smallest absolute Gasteiger partial charge is 0.211 e.